The number of hydrogen-bond donors (Lipinski definition) is 0. The highest BCUT2D eigenvalue weighted by Gasteiger charge is 2.40. The van der Waals surface area contributed by atoms with E-state index in [1.54, 1.807) is 0 Å². The molecule has 3 atom stereocenters. The first-order chi connectivity index (χ1) is 9.86. The highest BCUT2D eigenvalue weighted by Crippen LogP contribution is 2.38. The van der Waals surface area contributed by atoms with E-state index in [9.17, 15) is 0 Å². The summed E-state index contributed by atoms with van der Waals surface area (Å²) in [7, 11) is -1.72. The topological polar surface area (TPSA) is 27.7 Å². The fraction of sp³-hybridized carbons (Fsp3) is 0.889. The lowest BCUT2D eigenvalue weighted by Gasteiger charge is -2.43. The van der Waals surface area contributed by atoms with Crippen LogP contribution in [0.2, 0.25) is 18.1 Å². The summed E-state index contributed by atoms with van der Waals surface area (Å²) in [5, 5.41) is 0.239. The van der Waals surface area contributed by atoms with E-state index in [0.717, 1.165) is 19.3 Å². The minimum atomic E-state index is -1.72. The Morgan fingerprint density at radius 1 is 1.27 bits per heavy atom. The third-order valence-corrected chi connectivity index (χ3v) is 9.36. The normalized spacial score (nSPS) is 27.5. The van der Waals surface area contributed by atoms with Gasteiger partial charge in [-0.2, -0.15) is 0 Å². The first-order valence-corrected chi connectivity index (χ1v) is 11.4. The van der Waals surface area contributed by atoms with E-state index in [2.05, 4.69) is 47.4 Å². The van der Waals surface area contributed by atoms with Gasteiger partial charge in [0, 0.05) is 12.5 Å². The number of ether oxygens (including phenoxy) is 2. The molecule has 0 amide bonds. The van der Waals surface area contributed by atoms with Gasteiger partial charge in [0.25, 0.3) is 0 Å². The van der Waals surface area contributed by atoms with Crippen LogP contribution in [0.1, 0.15) is 60.8 Å². The van der Waals surface area contributed by atoms with Gasteiger partial charge >= 0.3 is 0 Å². The maximum Gasteiger partial charge on any atom is 0.192 e. The Balaban J connectivity index is 2.63. The smallest absolute Gasteiger partial charge is 0.192 e. The molecule has 22 heavy (non-hydrogen) atoms. The highest BCUT2D eigenvalue weighted by molar-refractivity contribution is 6.74. The molecule has 4 heteroatoms. The molecular formula is C18H36O3Si. The van der Waals surface area contributed by atoms with Crippen molar-refractivity contribution in [3.05, 3.63) is 12.7 Å². The predicted molar refractivity (Wildman–Crippen MR) is 95.6 cm³/mol. The molecule has 0 aromatic rings. The van der Waals surface area contributed by atoms with Crippen LogP contribution in [0.4, 0.5) is 0 Å². The zero-order chi connectivity index (χ0) is 17.2. The van der Waals surface area contributed by atoms with Crippen LogP contribution in [0.3, 0.4) is 0 Å². The number of rotatable bonds is 6. The SMILES string of the molecule is C=CC[C@@H]1C[C@H](C[C@H](C)O[Si](C)(C)C(C)(C)C)OC(C)(C)O1. The van der Waals surface area contributed by atoms with Crippen LogP contribution in [0, 0.1) is 0 Å². The molecular weight excluding hydrogens is 292 g/mol. The van der Waals surface area contributed by atoms with Gasteiger partial charge in [-0.25, -0.2) is 0 Å². The molecule has 0 saturated carbocycles. The maximum absolute atomic E-state index is 6.47. The van der Waals surface area contributed by atoms with Gasteiger partial charge in [0.2, 0.25) is 0 Å². The third kappa shape index (κ3) is 5.80. The Bertz CT molecular complexity index is 371. The van der Waals surface area contributed by atoms with Gasteiger partial charge in [-0.05, 0) is 51.7 Å². The highest BCUT2D eigenvalue weighted by atomic mass is 28.4. The van der Waals surface area contributed by atoms with Crippen LogP contribution in [-0.2, 0) is 13.9 Å². The van der Waals surface area contributed by atoms with Crippen molar-refractivity contribution < 1.29 is 13.9 Å². The zero-order valence-corrected chi connectivity index (χ0v) is 16.9. The molecule has 0 aromatic heterocycles. The summed E-state index contributed by atoms with van der Waals surface area (Å²) in [6.07, 6.45) is 5.25. The first-order valence-electron chi connectivity index (χ1n) is 8.50. The van der Waals surface area contributed by atoms with Crippen LogP contribution in [0.25, 0.3) is 0 Å². The van der Waals surface area contributed by atoms with Gasteiger partial charge < -0.3 is 13.9 Å². The molecule has 0 aliphatic carbocycles. The Kier molecular flexibility index (Phi) is 6.47. The number of hydrogen-bond acceptors (Lipinski definition) is 3. The molecule has 0 bridgehead atoms. The standard InChI is InChI=1S/C18H36O3Si/c1-10-11-15-13-16(20-18(6,7)19-15)12-14(2)21-22(8,9)17(3,4)5/h10,14-16H,1,11-13H2,2-9H3/t14-,15+,16-/m0/s1. The Labute approximate surface area is 138 Å². The molecule has 1 heterocycles. The van der Waals surface area contributed by atoms with Gasteiger partial charge in [0.15, 0.2) is 14.1 Å². The summed E-state index contributed by atoms with van der Waals surface area (Å²) in [6, 6.07) is 0. The molecule has 3 nitrogen and oxygen atoms in total. The van der Waals surface area contributed by atoms with E-state index in [4.69, 9.17) is 13.9 Å². The van der Waals surface area contributed by atoms with E-state index < -0.39 is 14.1 Å². The molecule has 0 aromatic carbocycles. The largest absolute Gasteiger partial charge is 0.414 e. The second-order valence-corrected chi connectivity index (χ2v) is 13.3. The maximum atomic E-state index is 6.47. The van der Waals surface area contributed by atoms with Crippen LogP contribution in [0.15, 0.2) is 12.7 Å². The van der Waals surface area contributed by atoms with Crippen molar-refractivity contribution >= 4 is 8.32 Å². The van der Waals surface area contributed by atoms with Gasteiger partial charge in [-0.15, -0.1) is 6.58 Å². The van der Waals surface area contributed by atoms with Crippen LogP contribution in [-0.4, -0.2) is 32.4 Å². The molecule has 0 unspecified atom stereocenters. The average Bonchev–Trinajstić information content (AvgIpc) is 2.23. The molecule has 1 aliphatic heterocycles. The molecule has 0 N–H and O–H groups in total. The predicted octanol–water partition coefficient (Wildman–Crippen LogP) is 5.27. The monoisotopic (exact) mass is 328 g/mol. The quantitative estimate of drug-likeness (QED) is 0.491. The fourth-order valence-corrected chi connectivity index (χ4v) is 4.25. The lowest BCUT2D eigenvalue weighted by Crippen LogP contribution is -2.47. The van der Waals surface area contributed by atoms with E-state index in [-0.39, 0.29) is 23.4 Å². The molecule has 0 spiro atoms. The Hall–Kier alpha value is -0.163. The summed E-state index contributed by atoms with van der Waals surface area (Å²) < 4.78 is 18.5. The fourth-order valence-electron chi connectivity index (χ4n) is 2.79. The van der Waals surface area contributed by atoms with Crippen molar-refractivity contribution in [1.29, 1.82) is 0 Å². The van der Waals surface area contributed by atoms with E-state index >= 15 is 0 Å². The minimum Gasteiger partial charge on any atom is -0.414 e. The van der Waals surface area contributed by atoms with E-state index in [0.29, 0.717) is 0 Å². The lowest BCUT2D eigenvalue weighted by molar-refractivity contribution is -0.301. The van der Waals surface area contributed by atoms with Gasteiger partial charge in [0.05, 0.1) is 12.2 Å². The third-order valence-electron chi connectivity index (χ3n) is 4.75. The summed E-state index contributed by atoms with van der Waals surface area (Å²) in [6.45, 7) is 21.4. The molecule has 130 valence electrons. The van der Waals surface area contributed by atoms with Crippen molar-refractivity contribution in [1.82, 2.24) is 0 Å². The zero-order valence-electron chi connectivity index (χ0n) is 15.9. The van der Waals surface area contributed by atoms with Gasteiger partial charge in [0.1, 0.15) is 0 Å². The van der Waals surface area contributed by atoms with E-state index in [1.807, 2.05) is 19.9 Å². The summed E-state index contributed by atoms with van der Waals surface area (Å²) in [5.41, 5.74) is 0. The summed E-state index contributed by atoms with van der Waals surface area (Å²) in [4.78, 5) is 0. The second kappa shape index (κ2) is 7.16. The van der Waals surface area contributed by atoms with Crippen LogP contribution < -0.4 is 0 Å². The van der Waals surface area contributed by atoms with Crippen molar-refractivity contribution in [3.63, 3.8) is 0 Å². The van der Waals surface area contributed by atoms with Gasteiger partial charge in [-0.1, -0.05) is 26.8 Å². The van der Waals surface area contributed by atoms with Gasteiger partial charge in [-0.3, -0.25) is 0 Å². The second-order valence-electron chi connectivity index (χ2n) is 8.56. The lowest BCUT2D eigenvalue weighted by atomic mass is 10.0. The summed E-state index contributed by atoms with van der Waals surface area (Å²) >= 11 is 0. The summed E-state index contributed by atoms with van der Waals surface area (Å²) in [5.74, 6) is -0.521. The average molecular weight is 329 g/mol. The minimum absolute atomic E-state index is 0.188. The Morgan fingerprint density at radius 2 is 1.82 bits per heavy atom. The van der Waals surface area contributed by atoms with Crippen molar-refractivity contribution in [2.24, 2.45) is 0 Å². The van der Waals surface area contributed by atoms with E-state index in [1.165, 1.54) is 0 Å². The van der Waals surface area contributed by atoms with Crippen molar-refractivity contribution in [2.75, 3.05) is 0 Å². The van der Waals surface area contributed by atoms with Crippen LogP contribution in [0.5, 0.6) is 0 Å². The molecule has 1 fully saturated rings. The van der Waals surface area contributed by atoms with Crippen molar-refractivity contribution in [2.45, 2.75) is 103 Å². The first kappa shape index (κ1) is 19.9. The molecule has 1 saturated heterocycles. The molecule has 0 radical (unpaired) electrons. The van der Waals surface area contributed by atoms with Crippen LogP contribution >= 0.6 is 0 Å². The van der Waals surface area contributed by atoms with Crippen molar-refractivity contribution in [3.8, 4) is 0 Å². The molecule has 1 rings (SSSR count). The Morgan fingerprint density at radius 3 is 2.32 bits per heavy atom. The molecule has 1 aliphatic rings.